The van der Waals surface area contributed by atoms with Gasteiger partial charge in [0, 0.05) is 11.3 Å². The second kappa shape index (κ2) is 8.76. The van der Waals surface area contributed by atoms with Crippen LogP contribution < -0.4 is 4.90 Å². The van der Waals surface area contributed by atoms with Crippen molar-refractivity contribution in [3.8, 4) is 0 Å². The van der Waals surface area contributed by atoms with E-state index in [-0.39, 0.29) is 5.78 Å². The zero-order valence-corrected chi connectivity index (χ0v) is 18.8. The number of hydrogen-bond donors (Lipinski definition) is 0. The van der Waals surface area contributed by atoms with Crippen LogP contribution in [0.25, 0.3) is 11.4 Å². The maximum absolute atomic E-state index is 12.9. The number of anilines is 1. The van der Waals surface area contributed by atoms with Crippen LogP contribution in [-0.2, 0) is 4.79 Å². The van der Waals surface area contributed by atoms with Gasteiger partial charge in [-0.2, -0.15) is 0 Å². The van der Waals surface area contributed by atoms with Gasteiger partial charge in [-0.15, -0.1) is 0 Å². The van der Waals surface area contributed by atoms with Crippen LogP contribution in [-0.4, -0.2) is 5.78 Å². The number of allylic oxidation sites excluding steroid dienone is 8. The molecule has 33 heavy (non-hydrogen) atoms. The third-order valence-electron chi connectivity index (χ3n) is 6.09. The second-order valence-corrected chi connectivity index (χ2v) is 8.32. The molecule has 0 radical (unpaired) electrons. The average molecular weight is 428 g/mol. The van der Waals surface area contributed by atoms with Gasteiger partial charge < -0.3 is 4.90 Å². The lowest BCUT2D eigenvalue weighted by Gasteiger charge is -2.36. The minimum absolute atomic E-state index is 0.0340. The summed E-state index contributed by atoms with van der Waals surface area (Å²) >= 11 is 0. The minimum Gasteiger partial charge on any atom is -0.309 e. The SMILES string of the molecule is CC1=C(c2ccccc2)N(c2ccc(C)cc2)C(c2ccccc2)=CC1=C1C=CC=CC1=O. The maximum atomic E-state index is 12.9. The number of nitrogens with zero attached hydrogens (tertiary/aromatic N) is 1. The van der Waals surface area contributed by atoms with Crippen molar-refractivity contribution in [3.05, 3.63) is 149 Å². The molecule has 0 N–H and O–H groups in total. The zero-order chi connectivity index (χ0) is 22.8. The van der Waals surface area contributed by atoms with Crippen LogP contribution in [0.3, 0.4) is 0 Å². The summed E-state index contributed by atoms with van der Waals surface area (Å²) in [6.45, 7) is 4.22. The van der Waals surface area contributed by atoms with E-state index in [2.05, 4.69) is 97.6 Å². The van der Waals surface area contributed by atoms with E-state index in [4.69, 9.17) is 0 Å². The van der Waals surface area contributed by atoms with E-state index in [1.807, 2.05) is 24.3 Å². The Morgan fingerprint density at radius 2 is 1.24 bits per heavy atom. The van der Waals surface area contributed by atoms with Gasteiger partial charge in [-0.05, 0) is 60.4 Å². The highest BCUT2D eigenvalue weighted by atomic mass is 16.1. The van der Waals surface area contributed by atoms with E-state index >= 15 is 0 Å². The monoisotopic (exact) mass is 427 g/mol. The third-order valence-corrected chi connectivity index (χ3v) is 6.09. The molecule has 0 amide bonds. The van der Waals surface area contributed by atoms with Gasteiger partial charge in [0.2, 0.25) is 0 Å². The van der Waals surface area contributed by atoms with E-state index < -0.39 is 0 Å². The quantitative estimate of drug-likeness (QED) is 0.409. The van der Waals surface area contributed by atoms with Crippen molar-refractivity contribution in [1.29, 1.82) is 0 Å². The van der Waals surface area contributed by atoms with Gasteiger partial charge in [-0.25, -0.2) is 0 Å². The lowest BCUT2D eigenvalue weighted by molar-refractivity contribution is -0.111. The van der Waals surface area contributed by atoms with E-state index in [0.29, 0.717) is 0 Å². The van der Waals surface area contributed by atoms with Crippen molar-refractivity contribution in [2.45, 2.75) is 13.8 Å². The molecule has 0 aromatic heterocycles. The van der Waals surface area contributed by atoms with E-state index in [0.717, 1.165) is 44.9 Å². The summed E-state index contributed by atoms with van der Waals surface area (Å²) in [7, 11) is 0. The molecule has 2 nitrogen and oxygen atoms in total. The molecule has 0 spiro atoms. The van der Waals surface area contributed by atoms with E-state index in [1.54, 1.807) is 12.2 Å². The van der Waals surface area contributed by atoms with Crippen LogP contribution in [0.5, 0.6) is 0 Å². The molecule has 0 saturated carbocycles. The molecular weight excluding hydrogens is 402 g/mol. The van der Waals surface area contributed by atoms with Gasteiger partial charge >= 0.3 is 0 Å². The Morgan fingerprint density at radius 3 is 1.88 bits per heavy atom. The van der Waals surface area contributed by atoms with Gasteiger partial charge in [0.1, 0.15) is 0 Å². The summed E-state index contributed by atoms with van der Waals surface area (Å²) in [5.41, 5.74) is 9.39. The largest absolute Gasteiger partial charge is 0.309 e. The molecule has 0 atom stereocenters. The second-order valence-electron chi connectivity index (χ2n) is 8.32. The highest BCUT2D eigenvalue weighted by Gasteiger charge is 2.29. The first-order valence-electron chi connectivity index (χ1n) is 11.2. The van der Waals surface area contributed by atoms with Crippen molar-refractivity contribution in [1.82, 2.24) is 0 Å². The lowest BCUT2D eigenvalue weighted by atomic mass is 9.87. The summed E-state index contributed by atoms with van der Waals surface area (Å²) in [6, 6.07) is 29.4. The van der Waals surface area contributed by atoms with Crippen molar-refractivity contribution in [2.75, 3.05) is 4.90 Å². The summed E-state index contributed by atoms with van der Waals surface area (Å²) in [6.07, 6.45) is 9.45. The van der Waals surface area contributed by atoms with Crippen LogP contribution >= 0.6 is 0 Å². The molecule has 1 heterocycles. The van der Waals surface area contributed by atoms with Crippen LogP contribution in [0.15, 0.2) is 132 Å². The number of aryl methyl sites for hydroxylation is 1. The Balaban J connectivity index is 1.84. The molecule has 2 aliphatic rings. The average Bonchev–Trinajstić information content (AvgIpc) is 2.86. The Hall–Kier alpha value is -4.17. The van der Waals surface area contributed by atoms with Crippen molar-refractivity contribution in [3.63, 3.8) is 0 Å². The standard InChI is InChI=1S/C31H25NO/c1-22-17-19-26(20-18-22)32-29(24-11-5-3-6-12-24)21-28(27-15-9-10-16-30(27)33)23(2)31(32)25-13-7-4-8-14-25/h3-21H,1-2H3. The topological polar surface area (TPSA) is 20.3 Å². The predicted molar refractivity (Wildman–Crippen MR) is 137 cm³/mol. The number of ketones is 1. The maximum Gasteiger partial charge on any atom is 0.186 e. The number of rotatable bonds is 3. The smallest absolute Gasteiger partial charge is 0.186 e. The van der Waals surface area contributed by atoms with Crippen LogP contribution in [0.2, 0.25) is 0 Å². The highest BCUT2D eigenvalue weighted by Crippen LogP contribution is 2.43. The Kier molecular flexibility index (Phi) is 5.50. The number of hydrogen-bond acceptors (Lipinski definition) is 2. The molecule has 160 valence electrons. The first-order valence-corrected chi connectivity index (χ1v) is 11.2. The van der Waals surface area contributed by atoms with Gasteiger partial charge in [-0.3, -0.25) is 4.79 Å². The number of carbonyl (C=O) groups excluding carboxylic acids is 1. The van der Waals surface area contributed by atoms with Gasteiger partial charge in [0.05, 0.1) is 11.4 Å². The fourth-order valence-corrected chi connectivity index (χ4v) is 4.42. The molecule has 5 rings (SSSR count). The first kappa shape index (κ1) is 20.7. The van der Waals surface area contributed by atoms with E-state index in [1.165, 1.54) is 5.56 Å². The van der Waals surface area contributed by atoms with Crippen LogP contribution in [0.1, 0.15) is 23.6 Å². The Labute approximate surface area is 195 Å². The zero-order valence-electron chi connectivity index (χ0n) is 18.8. The number of carbonyl (C=O) groups is 1. The van der Waals surface area contributed by atoms with Gasteiger partial charge in [0.25, 0.3) is 0 Å². The summed E-state index contributed by atoms with van der Waals surface area (Å²) in [5.74, 6) is 0.0340. The molecule has 1 aliphatic heterocycles. The molecule has 0 fully saturated rings. The van der Waals surface area contributed by atoms with Crippen molar-refractivity contribution in [2.24, 2.45) is 0 Å². The predicted octanol–water partition coefficient (Wildman–Crippen LogP) is 7.28. The minimum atomic E-state index is 0.0340. The Bertz CT molecular complexity index is 1350. The van der Waals surface area contributed by atoms with Gasteiger partial charge in [-0.1, -0.05) is 96.6 Å². The molecule has 0 unspecified atom stereocenters. The van der Waals surface area contributed by atoms with E-state index in [9.17, 15) is 4.79 Å². The normalized spacial score (nSPS) is 18.1. The summed E-state index contributed by atoms with van der Waals surface area (Å²) < 4.78 is 0. The molecule has 2 heteroatoms. The fraction of sp³-hybridized carbons (Fsp3) is 0.0645. The molecule has 3 aromatic rings. The number of benzene rings is 3. The lowest BCUT2D eigenvalue weighted by Crippen LogP contribution is -2.25. The molecule has 0 bridgehead atoms. The van der Waals surface area contributed by atoms with Crippen molar-refractivity contribution >= 4 is 22.9 Å². The Morgan fingerprint density at radius 1 is 0.636 bits per heavy atom. The first-order chi connectivity index (χ1) is 16.1. The molecule has 1 aliphatic carbocycles. The van der Waals surface area contributed by atoms with Crippen LogP contribution in [0.4, 0.5) is 5.69 Å². The molecule has 3 aromatic carbocycles. The molecule has 0 saturated heterocycles. The van der Waals surface area contributed by atoms with Gasteiger partial charge in [0.15, 0.2) is 5.78 Å². The third kappa shape index (κ3) is 3.92. The van der Waals surface area contributed by atoms with Crippen LogP contribution in [0, 0.1) is 6.92 Å². The fourth-order valence-electron chi connectivity index (χ4n) is 4.42. The summed E-state index contributed by atoms with van der Waals surface area (Å²) in [4.78, 5) is 15.2. The summed E-state index contributed by atoms with van der Waals surface area (Å²) in [5, 5.41) is 0. The highest BCUT2D eigenvalue weighted by molar-refractivity contribution is 6.11. The molecular formula is C31H25NO. The van der Waals surface area contributed by atoms with Crippen molar-refractivity contribution < 1.29 is 4.79 Å².